The second-order valence-electron chi connectivity index (χ2n) is 9.34. The summed E-state index contributed by atoms with van der Waals surface area (Å²) in [6, 6.07) is 0. The van der Waals surface area contributed by atoms with Gasteiger partial charge in [-0.1, -0.05) is 0 Å². The Morgan fingerprint density at radius 2 is 1.06 bits per heavy atom. The van der Waals surface area contributed by atoms with E-state index in [1.165, 1.54) is 0 Å². The van der Waals surface area contributed by atoms with Crippen molar-refractivity contribution >= 4 is 24.9 Å². The third kappa shape index (κ3) is 14.7. The van der Waals surface area contributed by atoms with E-state index in [2.05, 4.69) is 17.7 Å². The zero-order valence-electron chi connectivity index (χ0n) is 20.8. The number of piperazine rings is 2. The summed E-state index contributed by atoms with van der Waals surface area (Å²) in [5.41, 5.74) is -0.868. The van der Waals surface area contributed by atoms with Crippen LogP contribution in [0.2, 0.25) is 0 Å². The van der Waals surface area contributed by atoms with Crippen LogP contribution in [0.1, 0.15) is 41.5 Å². The van der Waals surface area contributed by atoms with Crippen LogP contribution >= 0.6 is 0 Å². The summed E-state index contributed by atoms with van der Waals surface area (Å²) in [4.78, 5) is 34.3. The average Bonchev–Trinajstić information content (AvgIpc) is 2.67. The topological polar surface area (TPSA) is 102 Å². The van der Waals surface area contributed by atoms with Gasteiger partial charge in [-0.3, -0.25) is 6.34 Å². The standard InChI is InChI=1S/C11H20N3O2.C10H18N3O2.2W/c1-11(2,3)16-10(15)14-7-5-13(6-8-14)9-12-4;1-10(2,3)15-9(14)13-6-4-12(8-11)5-7-13;;/h5-8H2,1-4H3;11H,4-7H2,1-3H3;;/q2*-1;;. The van der Waals surface area contributed by atoms with Gasteiger partial charge in [-0.25, -0.2) is 9.59 Å². The Labute approximate surface area is 227 Å². The molecule has 2 fully saturated rings. The van der Waals surface area contributed by atoms with E-state index in [1.807, 2.05) is 46.4 Å². The molecular weight excluding hydrogens is 768 g/mol. The van der Waals surface area contributed by atoms with E-state index in [9.17, 15) is 9.59 Å². The maximum atomic E-state index is 11.7. The molecule has 2 rings (SSSR count). The molecule has 0 aliphatic carbocycles. The maximum Gasteiger partial charge on any atom is 0.410 e. The minimum absolute atomic E-state index is 0. The Bertz CT molecular complexity index is 621. The van der Waals surface area contributed by atoms with E-state index in [0.717, 1.165) is 13.1 Å². The number of aliphatic imine (C=N–C) groups is 1. The van der Waals surface area contributed by atoms with E-state index >= 15 is 0 Å². The molecule has 2 aliphatic heterocycles. The summed E-state index contributed by atoms with van der Waals surface area (Å²) in [5, 5.41) is 6.96. The van der Waals surface area contributed by atoms with E-state index < -0.39 is 11.2 Å². The Morgan fingerprint density at radius 1 is 0.727 bits per heavy atom. The van der Waals surface area contributed by atoms with Gasteiger partial charge >= 0.3 is 12.2 Å². The second kappa shape index (κ2) is 15.7. The summed E-state index contributed by atoms with van der Waals surface area (Å²) in [6.45, 7) is 16.5. The largest absolute Gasteiger partial charge is 0.535 e. The molecule has 2 saturated heterocycles. The van der Waals surface area contributed by atoms with Gasteiger partial charge < -0.3 is 45.8 Å². The molecule has 12 heteroatoms. The number of carbonyl (C=O) groups excluding carboxylic acids is 2. The van der Waals surface area contributed by atoms with Crippen molar-refractivity contribution in [3.05, 3.63) is 0 Å². The fourth-order valence-electron chi connectivity index (χ4n) is 2.78. The van der Waals surface area contributed by atoms with Gasteiger partial charge in [0.2, 0.25) is 0 Å². The molecule has 0 aromatic heterocycles. The molecule has 0 saturated carbocycles. The summed E-state index contributed by atoms with van der Waals surface area (Å²) < 4.78 is 10.5. The van der Waals surface area contributed by atoms with Crippen molar-refractivity contribution in [2.75, 3.05) is 59.4 Å². The molecule has 0 spiro atoms. The molecule has 0 atom stereocenters. The Morgan fingerprint density at radius 3 is 1.33 bits per heavy atom. The number of hydrogen-bond donors (Lipinski definition) is 1. The number of nitrogens with zero attached hydrogens (tertiary/aromatic N) is 5. The van der Waals surface area contributed by atoms with Gasteiger partial charge in [-0.2, -0.15) is 0 Å². The third-order valence-electron chi connectivity index (χ3n) is 4.26. The van der Waals surface area contributed by atoms with Crippen molar-refractivity contribution < 1.29 is 61.2 Å². The molecule has 0 aromatic rings. The minimum atomic E-state index is -0.443. The summed E-state index contributed by atoms with van der Waals surface area (Å²) in [5.74, 6) is 0. The smallest absolute Gasteiger partial charge is 0.410 e. The Balaban J connectivity index is 0. The molecule has 190 valence electrons. The maximum absolute atomic E-state index is 11.7. The fourth-order valence-corrected chi connectivity index (χ4v) is 2.78. The molecule has 2 heterocycles. The first-order valence-electron chi connectivity index (χ1n) is 10.6. The average molecular weight is 806 g/mol. The van der Waals surface area contributed by atoms with Crippen LogP contribution in [0, 0.1) is 5.41 Å². The van der Waals surface area contributed by atoms with Crippen molar-refractivity contribution in [1.82, 2.24) is 19.6 Å². The zero-order valence-corrected chi connectivity index (χ0v) is 26.7. The Hall–Kier alpha value is -1.14. The quantitative estimate of drug-likeness (QED) is 0.261. The first-order valence-corrected chi connectivity index (χ1v) is 10.6. The molecule has 0 radical (unpaired) electrons. The van der Waals surface area contributed by atoms with Crippen molar-refractivity contribution in [2.24, 2.45) is 4.99 Å². The summed E-state index contributed by atoms with van der Waals surface area (Å²) >= 11 is 0. The SMILES string of the molecule is CC(C)(C)OC(=O)N1CCN([C-]=N)CC1.CN=[C-]N1CCN(C(=O)OC(C)(C)C)CC1.[W].[W]. The monoisotopic (exact) mass is 806 g/mol. The number of amides is 2. The van der Waals surface area contributed by atoms with Crippen LogP contribution in [0.4, 0.5) is 9.59 Å². The molecule has 2 amide bonds. The number of carbonyl (C=O) groups is 2. The van der Waals surface area contributed by atoms with Crippen LogP contribution in [-0.4, -0.2) is 115 Å². The predicted octanol–water partition coefficient (Wildman–Crippen LogP) is 2.09. The van der Waals surface area contributed by atoms with E-state index in [1.54, 1.807) is 21.7 Å². The van der Waals surface area contributed by atoms with Crippen molar-refractivity contribution in [1.29, 1.82) is 5.41 Å². The molecule has 2 aliphatic rings. The van der Waals surface area contributed by atoms with Crippen LogP contribution < -0.4 is 0 Å². The first-order chi connectivity index (χ1) is 14.3. The Kier molecular flexibility index (Phi) is 16.2. The molecule has 33 heavy (non-hydrogen) atoms. The van der Waals surface area contributed by atoms with Gasteiger partial charge in [-0.15, -0.1) is 0 Å². The van der Waals surface area contributed by atoms with Crippen LogP contribution in [0.15, 0.2) is 4.99 Å². The second-order valence-corrected chi connectivity index (χ2v) is 9.34. The molecule has 0 bridgehead atoms. The first kappa shape index (κ1) is 34.0. The van der Waals surface area contributed by atoms with Crippen molar-refractivity contribution in [3.8, 4) is 0 Å². The van der Waals surface area contributed by atoms with E-state index in [-0.39, 0.29) is 54.3 Å². The van der Waals surface area contributed by atoms with Gasteiger partial charge in [0.25, 0.3) is 0 Å². The normalized spacial score (nSPS) is 16.7. The number of nitrogens with one attached hydrogen (secondary N) is 1. The summed E-state index contributed by atoms with van der Waals surface area (Å²) in [6.07, 6.45) is 4.68. The van der Waals surface area contributed by atoms with Gasteiger partial charge in [0.05, 0.1) is 0 Å². The number of rotatable bonds is 2. The van der Waals surface area contributed by atoms with Gasteiger partial charge in [0.15, 0.2) is 0 Å². The molecule has 0 aromatic carbocycles. The number of ether oxygens (including phenoxy) is 2. The van der Waals surface area contributed by atoms with Gasteiger partial charge in [0.1, 0.15) is 11.2 Å². The van der Waals surface area contributed by atoms with Crippen LogP contribution in [-0.2, 0) is 51.6 Å². The number of hydrogen-bond acceptors (Lipinski definition) is 6. The molecule has 10 nitrogen and oxygen atoms in total. The minimum Gasteiger partial charge on any atom is -0.535 e. The fraction of sp³-hybridized carbons (Fsp3) is 0.810. The molecular formula is C21H38N6O4W2-2. The molecule has 0 unspecified atom stereocenters. The van der Waals surface area contributed by atoms with Crippen molar-refractivity contribution in [2.45, 2.75) is 52.7 Å². The van der Waals surface area contributed by atoms with E-state index in [4.69, 9.17) is 14.9 Å². The van der Waals surface area contributed by atoms with Gasteiger partial charge in [-0.05, 0) is 48.6 Å². The van der Waals surface area contributed by atoms with Crippen LogP contribution in [0.5, 0.6) is 0 Å². The van der Waals surface area contributed by atoms with Crippen LogP contribution in [0.3, 0.4) is 0 Å². The van der Waals surface area contributed by atoms with Crippen molar-refractivity contribution in [3.63, 3.8) is 0 Å². The van der Waals surface area contributed by atoms with E-state index in [0.29, 0.717) is 39.3 Å². The molecule has 1 N–H and O–H groups in total. The zero-order chi connectivity index (χ0) is 23.7. The predicted molar refractivity (Wildman–Crippen MR) is 120 cm³/mol. The summed E-state index contributed by atoms with van der Waals surface area (Å²) in [7, 11) is 1.69. The van der Waals surface area contributed by atoms with Crippen LogP contribution in [0.25, 0.3) is 0 Å². The third-order valence-corrected chi connectivity index (χ3v) is 4.26. The van der Waals surface area contributed by atoms with Gasteiger partial charge in [0, 0.05) is 94.5 Å².